The predicted molar refractivity (Wildman–Crippen MR) is 72.1 cm³/mol. The Morgan fingerprint density at radius 2 is 1.95 bits per heavy atom. The minimum atomic E-state index is -4.08. The Labute approximate surface area is 116 Å². The minimum Gasteiger partial charge on any atom is -0.489 e. The second-order valence-electron chi connectivity index (χ2n) is 4.92. The third-order valence-electron chi connectivity index (χ3n) is 3.33. The zero-order valence-electron chi connectivity index (χ0n) is 11.0. The van der Waals surface area contributed by atoms with Gasteiger partial charge in [-0.2, -0.15) is 0 Å². The van der Waals surface area contributed by atoms with Gasteiger partial charge in [0.05, 0.1) is 11.0 Å². The number of non-ortho nitro benzene ring substituents is 1. The van der Waals surface area contributed by atoms with Crippen LogP contribution in [0.25, 0.3) is 0 Å². The zero-order valence-corrected chi connectivity index (χ0v) is 11.9. The number of sulfonamides is 1. The average Bonchev–Trinajstić information content (AvgIpc) is 2.82. The van der Waals surface area contributed by atoms with E-state index in [0.717, 1.165) is 31.7 Å². The summed E-state index contributed by atoms with van der Waals surface area (Å²) in [5, 5.41) is 16.0. The molecular formula is C12H16N2O5S. The van der Waals surface area contributed by atoms with Crippen LogP contribution in [0.3, 0.4) is 0 Å². The van der Waals surface area contributed by atoms with Gasteiger partial charge in [0.15, 0.2) is 0 Å². The van der Waals surface area contributed by atoms with E-state index in [-0.39, 0.29) is 22.4 Å². The molecule has 1 saturated carbocycles. The Morgan fingerprint density at radius 1 is 1.35 bits per heavy atom. The zero-order chi connectivity index (χ0) is 14.9. The van der Waals surface area contributed by atoms with Gasteiger partial charge in [-0.3, -0.25) is 10.1 Å². The average molecular weight is 300 g/mol. The van der Waals surface area contributed by atoms with Crippen LogP contribution in [0.1, 0.15) is 31.2 Å². The first-order chi connectivity index (χ1) is 9.29. The summed E-state index contributed by atoms with van der Waals surface area (Å²) in [4.78, 5) is 9.84. The summed E-state index contributed by atoms with van der Waals surface area (Å²) in [6.45, 7) is 1.58. The molecule has 0 amide bonds. The van der Waals surface area contributed by atoms with Crippen molar-refractivity contribution in [3.05, 3.63) is 27.8 Å². The van der Waals surface area contributed by atoms with Gasteiger partial charge in [0, 0.05) is 12.1 Å². The normalized spacial score (nSPS) is 16.3. The van der Waals surface area contributed by atoms with E-state index in [4.69, 9.17) is 9.88 Å². The van der Waals surface area contributed by atoms with Gasteiger partial charge in [-0.05, 0) is 38.2 Å². The summed E-state index contributed by atoms with van der Waals surface area (Å²) < 4.78 is 29.0. The van der Waals surface area contributed by atoms with Gasteiger partial charge in [0.25, 0.3) is 5.69 Å². The van der Waals surface area contributed by atoms with Crippen molar-refractivity contribution in [3.8, 4) is 5.75 Å². The van der Waals surface area contributed by atoms with Crippen LogP contribution in [0.15, 0.2) is 17.0 Å². The second-order valence-corrected chi connectivity index (χ2v) is 6.45. The predicted octanol–water partition coefficient (Wildman–Crippen LogP) is 1.87. The number of nitrogens with zero attached hydrogens (tertiary/aromatic N) is 1. The van der Waals surface area contributed by atoms with Crippen molar-refractivity contribution in [2.45, 2.75) is 43.6 Å². The van der Waals surface area contributed by atoms with Gasteiger partial charge >= 0.3 is 0 Å². The molecule has 0 aromatic heterocycles. The molecule has 1 fully saturated rings. The van der Waals surface area contributed by atoms with Crippen LogP contribution >= 0.6 is 0 Å². The molecule has 0 spiro atoms. The molecule has 0 aliphatic heterocycles. The van der Waals surface area contributed by atoms with Crippen LogP contribution in [-0.4, -0.2) is 19.4 Å². The fourth-order valence-corrected chi connectivity index (χ4v) is 3.12. The smallest absolute Gasteiger partial charge is 0.271 e. The van der Waals surface area contributed by atoms with Crippen LogP contribution in [0.4, 0.5) is 5.69 Å². The van der Waals surface area contributed by atoms with Crippen molar-refractivity contribution in [2.75, 3.05) is 0 Å². The van der Waals surface area contributed by atoms with E-state index < -0.39 is 14.9 Å². The number of nitro groups is 1. The molecule has 1 aliphatic carbocycles. The number of nitro benzene ring substituents is 1. The van der Waals surface area contributed by atoms with E-state index in [1.165, 1.54) is 6.07 Å². The minimum absolute atomic E-state index is 0.0596. The molecule has 0 heterocycles. The highest BCUT2D eigenvalue weighted by Gasteiger charge is 2.26. The summed E-state index contributed by atoms with van der Waals surface area (Å²) in [6.07, 6.45) is 3.69. The maximum absolute atomic E-state index is 11.6. The molecule has 0 radical (unpaired) electrons. The maximum Gasteiger partial charge on any atom is 0.271 e. The Morgan fingerprint density at radius 3 is 2.45 bits per heavy atom. The molecule has 1 aliphatic rings. The summed E-state index contributed by atoms with van der Waals surface area (Å²) >= 11 is 0. The molecule has 2 rings (SSSR count). The highest BCUT2D eigenvalue weighted by atomic mass is 32.2. The van der Waals surface area contributed by atoms with Gasteiger partial charge in [0.1, 0.15) is 10.6 Å². The number of rotatable bonds is 4. The SMILES string of the molecule is Cc1cc([N+](=O)[O-])cc(S(N)(=O)=O)c1OC1CCCC1. The Bertz CT molecular complexity index is 635. The lowest BCUT2D eigenvalue weighted by Gasteiger charge is -2.17. The first kappa shape index (κ1) is 14.7. The van der Waals surface area contributed by atoms with Crippen molar-refractivity contribution >= 4 is 15.7 Å². The van der Waals surface area contributed by atoms with E-state index in [9.17, 15) is 18.5 Å². The Balaban J connectivity index is 2.50. The van der Waals surface area contributed by atoms with Crippen LogP contribution in [0, 0.1) is 17.0 Å². The molecule has 0 saturated heterocycles. The standard InChI is InChI=1S/C12H16N2O5S/c1-8-6-9(14(15)16)7-11(20(13,17)18)12(8)19-10-4-2-3-5-10/h6-7,10H,2-5H2,1H3,(H2,13,17,18). The lowest BCUT2D eigenvalue weighted by Crippen LogP contribution is -2.18. The molecule has 0 bridgehead atoms. The summed E-state index contributed by atoms with van der Waals surface area (Å²) in [6, 6.07) is 2.24. The molecule has 1 aromatic rings. The summed E-state index contributed by atoms with van der Waals surface area (Å²) in [5.74, 6) is 0.130. The first-order valence-electron chi connectivity index (χ1n) is 6.27. The van der Waals surface area contributed by atoms with Gasteiger partial charge < -0.3 is 4.74 Å². The summed E-state index contributed by atoms with van der Waals surface area (Å²) in [7, 11) is -4.08. The maximum atomic E-state index is 11.6. The molecule has 0 atom stereocenters. The van der Waals surface area contributed by atoms with E-state index in [1.807, 2.05) is 0 Å². The second kappa shape index (κ2) is 5.37. The Hall–Kier alpha value is -1.67. The lowest BCUT2D eigenvalue weighted by molar-refractivity contribution is -0.385. The van der Waals surface area contributed by atoms with E-state index in [1.54, 1.807) is 6.92 Å². The number of hydrogen-bond donors (Lipinski definition) is 1. The molecule has 0 unspecified atom stereocenters. The highest BCUT2D eigenvalue weighted by molar-refractivity contribution is 7.89. The van der Waals surface area contributed by atoms with Gasteiger partial charge in [-0.1, -0.05) is 0 Å². The number of nitrogens with two attached hydrogens (primary N) is 1. The fraction of sp³-hybridized carbons (Fsp3) is 0.500. The van der Waals surface area contributed by atoms with Crippen LogP contribution in [-0.2, 0) is 10.0 Å². The number of ether oxygens (including phenoxy) is 1. The fourth-order valence-electron chi connectivity index (χ4n) is 2.36. The third-order valence-corrected chi connectivity index (χ3v) is 4.25. The lowest BCUT2D eigenvalue weighted by atomic mass is 10.2. The van der Waals surface area contributed by atoms with Gasteiger partial charge in [-0.15, -0.1) is 0 Å². The topological polar surface area (TPSA) is 113 Å². The molecule has 2 N–H and O–H groups in total. The van der Waals surface area contributed by atoms with Crippen LogP contribution < -0.4 is 9.88 Å². The molecular weight excluding hydrogens is 284 g/mol. The van der Waals surface area contributed by atoms with Crippen molar-refractivity contribution in [1.82, 2.24) is 0 Å². The number of benzene rings is 1. The molecule has 8 heteroatoms. The third kappa shape index (κ3) is 3.07. The summed E-state index contributed by atoms with van der Waals surface area (Å²) in [5.41, 5.74) is 0.0837. The van der Waals surface area contributed by atoms with Crippen molar-refractivity contribution in [2.24, 2.45) is 5.14 Å². The highest BCUT2D eigenvalue weighted by Crippen LogP contribution is 2.34. The van der Waals surface area contributed by atoms with Crippen molar-refractivity contribution < 1.29 is 18.1 Å². The van der Waals surface area contributed by atoms with Crippen LogP contribution in [0.2, 0.25) is 0 Å². The number of aryl methyl sites for hydroxylation is 1. The van der Waals surface area contributed by atoms with Crippen molar-refractivity contribution in [1.29, 1.82) is 0 Å². The van der Waals surface area contributed by atoms with E-state index in [2.05, 4.69) is 0 Å². The quantitative estimate of drug-likeness (QED) is 0.673. The van der Waals surface area contributed by atoms with Crippen molar-refractivity contribution in [3.63, 3.8) is 0 Å². The van der Waals surface area contributed by atoms with Gasteiger partial charge in [0.2, 0.25) is 10.0 Å². The number of primary sulfonamides is 1. The van der Waals surface area contributed by atoms with E-state index >= 15 is 0 Å². The molecule has 7 nitrogen and oxygen atoms in total. The van der Waals surface area contributed by atoms with Gasteiger partial charge in [-0.25, -0.2) is 13.6 Å². The Kier molecular flexibility index (Phi) is 3.96. The number of hydrogen-bond acceptors (Lipinski definition) is 5. The largest absolute Gasteiger partial charge is 0.489 e. The molecule has 1 aromatic carbocycles. The van der Waals surface area contributed by atoms with E-state index in [0.29, 0.717) is 5.56 Å². The van der Waals surface area contributed by atoms with Crippen LogP contribution in [0.5, 0.6) is 5.75 Å². The monoisotopic (exact) mass is 300 g/mol. The first-order valence-corrected chi connectivity index (χ1v) is 7.82. The molecule has 110 valence electrons. The molecule has 20 heavy (non-hydrogen) atoms.